The van der Waals surface area contributed by atoms with Crippen molar-refractivity contribution in [2.75, 3.05) is 25.0 Å². The topological polar surface area (TPSA) is 84.9 Å². The number of carbonyl (C=O) groups excluding carboxylic acids is 3. The number of para-hydroxylation sites is 1. The lowest BCUT2D eigenvalue weighted by Crippen LogP contribution is -2.56. The molecule has 7 heteroatoms. The number of nitrogens with one attached hydrogen (secondary N) is 1. The van der Waals surface area contributed by atoms with E-state index in [4.69, 9.17) is 9.47 Å². The minimum Gasteiger partial charge on any atom is -0.460 e. The molecule has 2 heterocycles. The Balaban J connectivity index is 1.36. The van der Waals surface area contributed by atoms with Crippen LogP contribution in [0.1, 0.15) is 38.7 Å². The van der Waals surface area contributed by atoms with E-state index in [9.17, 15) is 14.4 Å². The van der Waals surface area contributed by atoms with Gasteiger partial charge in [0.05, 0.1) is 18.6 Å². The maximum Gasteiger partial charge on any atom is 0.322 e. The molecule has 196 valence electrons. The number of ether oxygens (including phenoxy) is 2. The first-order valence-electron chi connectivity index (χ1n) is 13.0. The van der Waals surface area contributed by atoms with Crippen molar-refractivity contribution in [1.29, 1.82) is 0 Å². The van der Waals surface area contributed by atoms with Crippen LogP contribution in [0.5, 0.6) is 0 Å². The van der Waals surface area contributed by atoms with E-state index < -0.39 is 29.4 Å². The smallest absolute Gasteiger partial charge is 0.322 e. The van der Waals surface area contributed by atoms with Crippen LogP contribution >= 0.6 is 0 Å². The Morgan fingerprint density at radius 2 is 1.70 bits per heavy atom. The molecule has 37 heavy (non-hydrogen) atoms. The van der Waals surface area contributed by atoms with E-state index >= 15 is 0 Å². The van der Waals surface area contributed by atoms with Crippen LogP contribution in [-0.4, -0.2) is 54.4 Å². The fraction of sp³-hybridized carbons (Fsp3) is 0.433. The summed E-state index contributed by atoms with van der Waals surface area (Å²) in [7, 11) is 0. The summed E-state index contributed by atoms with van der Waals surface area (Å²) in [5, 5.41) is 3.46. The van der Waals surface area contributed by atoms with Gasteiger partial charge in [0.1, 0.15) is 6.61 Å². The Hall–Kier alpha value is -3.45. The highest BCUT2D eigenvalue weighted by Gasteiger charge is 2.55. The third-order valence-electron chi connectivity index (χ3n) is 7.60. The number of ketones is 1. The Kier molecular flexibility index (Phi) is 8.44. The molecule has 2 aliphatic heterocycles. The molecule has 0 aliphatic carbocycles. The Labute approximate surface area is 218 Å². The molecule has 0 saturated carbocycles. The molecule has 4 rings (SSSR count). The van der Waals surface area contributed by atoms with Crippen molar-refractivity contribution in [3.63, 3.8) is 0 Å². The van der Waals surface area contributed by atoms with E-state index in [1.165, 1.54) is 6.92 Å². The largest absolute Gasteiger partial charge is 0.460 e. The lowest BCUT2D eigenvalue weighted by Gasteiger charge is -2.42. The molecule has 0 spiro atoms. The molecule has 2 aliphatic rings. The van der Waals surface area contributed by atoms with Gasteiger partial charge in [-0.2, -0.15) is 0 Å². The summed E-state index contributed by atoms with van der Waals surface area (Å²) in [6.07, 6.45) is 0.218. The highest BCUT2D eigenvalue weighted by molar-refractivity contribution is 6.13. The van der Waals surface area contributed by atoms with Crippen LogP contribution < -0.4 is 5.32 Å². The summed E-state index contributed by atoms with van der Waals surface area (Å²) in [4.78, 5) is 41.7. The Morgan fingerprint density at radius 3 is 2.35 bits per heavy atom. The van der Waals surface area contributed by atoms with Crippen molar-refractivity contribution >= 4 is 23.3 Å². The van der Waals surface area contributed by atoms with Gasteiger partial charge in [0.25, 0.3) is 0 Å². The number of piperidine rings is 1. The number of hydrogen-bond acceptors (Lipinski definition) is 6. The number of amides is 1. The molecule has 0 unspecified atom stereocenters. The average molecular weight is 505 g/mol. The number of carbonyl (C=O) groups is 3. The summed E-state index contributed by atoms with van der Waals surface area (Å²) in [6, 6.07) is 19.3. The van der Waals surface area contributed by atoms with Crippen LogP contribution in [0.4, 0.5) is 5.69 Å². The van der Waals surface area contributed by atoms with Gasteiger partial charge >= 0.3 is 5.97 Å². The third kappa shape index (κ3) is 6.10. The predicted molar refractivity (Wildman–Crippen MR) is 142 cm³/mol. The van der Waals surface area contributed by atoms with Crippen LogP contribution in [0, 0.1) is 11.3 Å². The van der Waals surface area contributed by atoms with Crippen molar-refractivity contribution in [2.45, 2.75) is 51.9 Å². The molecule has 3 atom stereocenters. The van der Waals surface area contributed by atoms with Gasteiger partial charge in [0, 0.05) is 30.9 Å². The molecular formula is C30H36N2O5. The summed E-state index contributed by atoms with van der Waals surface area (Å²) >= 11 is 0. The maximum absolute atomic E-state index is 13.3. The van der Waals surface area contributed by atoms with Crippen molar-refractivity contribution in [2.24, 2.45) is 11.3 Å². The van der Waals surface area contributed by atoms with Gasteiger partial charge in [-0.25, -0.2) is 0 Å². The summed E-state index contributed by atoms with van der Waals surface area (Å²) in [5.41, 5.74) is 0.489. The van der Waals surface area contributed by atoms with Crippen molar-refractivity contribution in [3.8, 4) is 0 Å². The molecular weight excluding hydrogens is 468 g/mol. The van der Waals surface area contributed by atoms with Gasteiger partial charge in [-0.1, -0.05) is 55.1 Å². The SMILES string of the molecule is C=C1C(=O)[C@](C)(C(=O)OCc2ccccc2)[C@@H](CC(=O)N2CCC(CNc3ccccc3)CC2)O[C@H]1C. The van der Waals surface area contributed by atoms with Crippen molar-refractivity contribution in [3.05, 3.63) is 78.4 Å². The van der Waals surface area contributed by atoms with Gasteiger partial charge in [-0.05, 0) is 50.3 Å². The van der Waals surface area contributed by atoms with E-state index in [1.807, 2.05) is 65.6 Å². The number of benzene rings is 2. The molecule has 0 bridgehead atoms. The molecule has 1 amide bonds. The first-order valence-corrected chi connectivity index (χ1v) is 13.0. The number of nitrogens with zero attached hydrogens (tertiary/aromatic N) is 1. The zero-order valence-corrected chi connectivity index (χ0v) is 21.7. The second-order valence-corrected chi connectivity index (χ2v) is 10.2. The number of rotatable bonds is 8. The minimum absolute atomic E-state index is 0.0375. The van der Waals surface area contributed by atoms with Gasteiger partial charge in [-0.15, -0.1) is 0 Å². The Bertz CT molecular complexity index is 1110. The second-order valence-electron chi connectivity index (χ2n) is 10.2. The number of hydrogen-bond donors (Lipinski definition) is 1. The van der Waals surface area contributed by atoms with Gasteiger partial charge in [0.15, 0.2) is 11.2 Å². The first kappa shape index (κ1) is 26.6. The highest BCUT2D eigenvalue weighted by Crippen LogP contribution is 2.39. The van der Waals surface area contributed by atoms with Crippen LogP contribution in [0.15, 0.2) is 72.8 Å². The standard InChI is InChI=1S/C30H36N2O5/c1-21-22(2)37-26(30(3,28(21)34)29(35)36-20-24-10-6-4-7-11-24)18-27(33)32-16-14-23(15-17-32)19-31-25-12-8-5-9-13-25/h4-13,22-23,26,31H,1,14-20H2,2-3H3/t22-,26+,30+/m0/s1. The number of Topliss-reactive ketones (excluding diaryl/α,β-unsaturated/α-hetero) is 1. The van der Waals surface area contributed by atoms with E-state index in [1.54, 1.807) is 6.92 Å². The normalized spacial score (nSPS) is 24.5. The highest BCUT2D eigenvalue weighted by atomic mass is 16.5. The first-order chi connectivity index (χ1) is 17.8. The molecule has 7 nitrogen and oxygen atoms in total. The predicted octanol–water partition coefficient (Wildman–Crippen LogP) is 4.39. The van der Waals surface area contributed by atoms with Crippen molar-refractivity contribution in [1.82, 2.24) is 4.90 Å². The number of likely N-dealkylation sites (tertiary alicyclic amines) is 1. The number of anilines is 1. The van der Waals surface area contributed by atoms with Gasteiger partial charge < -0.3 is 19.7 Å². The summed E-state index contributed by atoms with van der Waals surface area (Å²) < 4.78 is 11.6. The average Bonchev–Trinajstić information content (AvgIpc) is 2.93. The lowest BCUT2D eigenvalue weighted by molar-refractivity contribution is -0.179. The van der Waals surface area contributed by atoms with Gasteiger partial charge in [0.2, 0.25) is 5.91 Å². The van der Waals surface area contributed by atoms with Crippen LogP contribution in [0.3, 0.4) is 0 Å². The van der Waals surface area contributed by atoms with Crippen LogP contribution in [0.25, 0.3) is 0 Å². The van der Waals surface area contributed by atoms with Crippen molar-refractivity contribution < 1.29 is 23.9 Å². The molecule has 0 aromatic heterocycles. The van der Waals surface area contributed by atoms with Crippen LogP contribution in [-0.2, 0) is 30.5 Å². The molecule has 0 radical (unpaired) electrons. The summed E-state index contributed by atoms with van der Waals surface area (Å²) in [6.45, 7) is 9.24. The number of esters is 1. The lowest BCUT2D eigenvalue weighted by atomic mass is 9.72. The van der Waals surface area contributed by atoms with Gasteiger partial charge in [-0.3, -0.25) is 14.4 Å². The molecule has 2 aromatic rings. The van der Waals surface area contributed by atoms with E-state index in [2.05, 4.69) is 11.9 Å². The minimum atomic E-state index is -1.63. The zero-order chi connectivity index (χ0) is 26.4. The Morgan fingerprint density at radius 1 is 1.08 bits per heavy atom. The maximum atomic E-state index is 13.3. The molecule has 2 fully saturated rings. The zero-order valence-electron chi connectivity index (χ0n) is 21.7. The quantitative estimate of drug-likeness (QED) is 0.326. The summed E-state index contributed by atoms with van der Waals surface area (Å²) in [5.74, 6) is -0.766. The van der Waals surface area contributed by atoms with E-state index in [0.717, 1.165) is 30.6 Å². The van der Waals surface area contributed by atoms with Crippen LogP contribution in [0.2, 0.25) is 0 Å². The molecule has 2 aromatic carbocycles. The molecule has 2 saturated heterocycles. The van der Waals surface area contributed by atoms with E-state index in [-0.39, 0.29) is 24.5 Å². The third-order valence-corrected chi connectivity index (χ3v) is 7.60. The fourth-order valence-electron chi connectivity index (χ4n) is 4.97. The van der Waals surface area contributed by atoms with E-state index in [0.29, 0.717) is 19.0 Å². The fourth-order valence-corrected chi connectivity index (χ4v) is 4.97. The second kappa shape index (κ2) is 11.7. The monoisotopic (exact) mass is 504 g/mol. The molecule has 1 N–H and O–H groups in total.